The van der Waals surface area contributed by atoms with Crippen molar-refractivity contribution < 1.29 is 0 Å². The van der Waals surface area contributed by atoms with Gasteiger partial charge in [-0.3, -0.25) is 4.68 Å². The molecule has 2 aliphatic heterocycles. The van der Waals surface area contributed by atoms with E-state index in [-0.39, 0.29) is 0 Å². The van der Waals surface area contributed by atoms with Crippen LogP contribution in [0.1, 0.15) is 43.2 Å². The maximum Gasteiger partial charge on any atom is 0.0535 e. The van der Waals surface area contributed by atoms with Crippen molar-refractivity contribution in [3.05, 3.63) is 18.0 Å². The molecule has 3 rings (SSSR count). The number of rotatable bonds is 2. The summed E-state index contributed by atoms with van der Waals surface area (Å²) in [5.74, 6) is 3.28. The summed E-state index contributed by atoms with van der Waals surface area (Å²) in [5, 5.41) is 8.08. The molecule has 4 heteroatoms. The van der Waals surface area contributed by atoms with Crippen LogP contribution in [0.25, 0.3) is 0 Å². The summed E-state index contributed by atoms with van der Waals surface area (Å²) in [4.78, 5) is 0. The maximum absolute atomic E-state index is 4.59. The number of hydrogen-bond acceptors (Lipinski definition) is 3. The lowest BCUT2D eigenvalue weighted by molar-refractivity contribution is 0.424. The summed E-state index contributed by atoms with van der Waals surface area (Å²) in [6.07, 6.45) is 9.59. The number of nitrogens with zero attached hydrogens (tertiary/aromatic N) is 2. The number of thioether (sulfide) groups is 1. The van der Waals surface area contributed by atoms with E-state index in [0.29, 0.717) is 12.0 Å². The Kier molecular flexibility index (Phi) is 3.71. The average molecular weight is 251 g/mol. The van der Waals surface area contributed by atoms with Crippen molar-refractivity contribution in [2.24, 2.45) is 0 Å². The van der Waals surface area contributed by atoms with Crippen molar-refractivity contribution in [3.8, 4) is 0 Å². The van der Waals surface area contributed by atoms with Gasteiger partial charge in [-0.05, 0) is 55.2 Å². The molecule has 1 aromatic heterocycles. The number of hydrogen-bond donors (Lipinski definition) is 1. The van der Waals surface area contributed by atoms with Gasteiger partial charge < -0.3 is 5.32 Å². The molecule has 0 spiro atoms. The van der Waals surface area contributed by atoms with Crippen LogP contribution >= 0.6 is 11.8 Å². The minimum Gasteiger partial charge on any atom is -0.316 e. The van der Waals surface area contributed by atoms with E-state index in [1.165, 1.54) is 49.3 Å². The van der Waals surface area contributed by atoms with Gasteiger partial charge in [0, 0.05) is 12.7 Å². The normalized spacial score (nSPS) is 27.2. The first kappa shape index (κ1) is 11.6. The fourth-order valence-electron chi connectivity index (χ4n) is 2.85. The molecule has 1 atom stereocenters. The number of piperidine rings is 1. The van der Waals surface area contributed by atoms with Crippen LogP contribution in [0.3, 0.4) is 0 Å². The zero-order chi connectivity index (χ0) is 11.5. The molecule has 0 bridgehead atoms. The van der Waals surface area contributed by atoms with Crippen LogP contribution in [-0.4, -0.2) is 34.4 Å². The SMILES string of the molecule is c1nn(C2CCSCC2)cc1C1CCCNC1. The van der Waals surface area contributed by atoms with Gasteiger partial charge >= 0.3 is 0 Å². The van der Waals surface area contributed by atoms with Gasteiger partial charge in [-0.15, -0.1) is 0 Å². The molecule has 1 unspecified atom stereocenters. The zero-order valence-corrected chi connectivity index (χ0v) is 11.1. The van der Waals surface area contributed by atoms with Crippen molar-refractivity contribution in [2.75, 3.05) is 24.6 Å². The Morgan fingerprint density at radius 3 is 2.94 bits per heavy atom. The van der Waals surface area contributed by atoms with E-state index >= 15 is 0 Å². The third kappa shape index (κ3) is 2.68. The zero-order valence-electron chi connectivity index (χ0n) is 10.3. The van der Waals surface area contributed by atoms with Gasteiger partial charge in [-0.1, -0.05) is 0 Å². The van der Waals surface area contributed by atoms with Crippen LogP contribution < -0.4 is 5.32 Å². The van der Waals surface area contributed by atoms with Gasteiger partial charge in [0.25, 0.3) is 0 Å². The highest BCUT2D eigenvalue weighted by Crippen LogP contribution is 2.28. The maximum atomic E-state index is 4.59. The summed E-state index contributed by atoms with van der Waals surface area (Å²) in [6, 6.07) is 0.654. The molecule has 2 saturated heterocycles. The minimum absolute atomic E-state index is 0.654. The van der Waals surface area contributed by atoms with Crippen LogP contribution in [0.5, 0.6) is 0 Å². The van der Waals surface area contributed by atoms with E-state index in [0.717, 1.165) is 6.54 Å². The van der Waals surface area contributed by atoms with Crippen molar-refractivity contribution in [1.29, 1.82) is 0 Å². The number of nitrogens with one attached hydrogen (secondary N) is 1. The second-order valence-electron chi connectivity index (χ2n) is 5.14. The van der Waals surface area contributed by atoms with Gasteiger partial charge in [0.2, 0.25) is 0 Å². The average Bonchev–Trinajstić information content (AvgIpc) is 2.90. The van der Waals surface area contributed by atoms with E-state index in [9.17, 15) is 0 Å². The predicted octanol–water partition coefficient (Wildman–Crippen LogP) is 2.42. The Labute approximate surface area is 107 Å². The molecule has 3 nitrogen and oxygen atoms in total. The molecule has 0 radical (unpaired) electrons. The topological polar surface area (TPSA) is 29.9 Å². The fraction of sp³-hybridized carbons (Fsp3) is 0.769. The summed E-state index contributed by atoms with van der Waals surface area (Å²) in [7, 11) is 0. The molecule has 94 valence electrons. The highest BCUT2D eigenvalue weighted by atomic mass is 32.2. The summed E-state index contributed by atoms with van der Waals surface area (Å²) >= 11 is 2.08. The third-order valence-corrected chi connectivity index (χ3v) is 5.00. The standard InChI is InChI=1S/C13H21N3S/c1-2-11(8-14-5-1)12-9-15-16(10-12)13-3-6-17-7-4-13/h9-11,13-14H,1-8H2. The molecular formula is C13H21N3S. The smallest absolute Gasteiger partial charge is 0.0535 e. The highest BCUT2D eigenvalue weighted by Gasteiger charge is 2.20. The van der Waals surface area contributed by atoms with E-state index in [1.807, 2.05) is 0 Å². The largest absolute Gasteiger partial charge is 0.316 e. The molecule has 0 aliphatic carbocycles. The van der Waals surface area contributed by atoms with Gasteiger partial charge in [-0.25, -0.2) is 0 Å². The van der Waals surface area contributed by atoms with Gasteiger partial charge in [0.1, 0.15) is 0 Å². The Morgan fingerprint density at radius 2 is 2.18 bits per heavy atom. The van der Waals surface area contributed by atoms with Crippen molar-refractivity contribution >= 4 is 11.8 Å². The second-order valence-corrected chi connectivity index (χ2v) is 6.37. The van der Waals surface area contributed by atoms with Crippen LogP contribution in [-0.2, 0) is 0 Å². The highest BCUT2D eigenvalue weighted by molar-refractivity contribution is 7.99. The van der Waals surface area contributed by atoms with Crippen LogP contribution in [0, 0.1) is 0 Å². The Hall–Kier alpha value is -0.480. The van der Waals surface area contributed by atoms with E-state index in [4.69, 9.17) is 0 Å². The minimum atomic E-state index is 0.654. The molecular weight excluding hydrogens is 230 g/mol. The first-order valence-corrected chi connectivity index (χ1v) is 7.91. The lowest BCUT2D eigenvalue weighted by atomic mass is 9.94. The van der Waals surface area contributed by atoms with Crippen LogP contribution in [0.15, 0.2) is 12.4 Å². The summed E-state index contributed by atoms with van der Waals surface area (Å²) in [6.45, 7) is 2.32. The first-order valence-electron chi connectivity index (χ1n) is 6.76. The number of aromatic nitrogens is 2. The summed E-state index contributed by atoms with van der Waals surface area (Å²) < 4.78 is 2.23. The van der Waals surface area contributed by atoms with Crippen LogP contribution in [0.2, 0.25) is 0 Å². The van der Waals surface area contributed by atoms with Crippen molar-refractivity contribution in [1.82, 2.24) is 15.1 Å². The predicted molar refractivity (Wildman–Crippen MR) is 72.7 cm³/mol. The monoisotopic (exact) mass is 251 g/mol. The Balaban J connectivity index is 1.68. The first-order chi connectivity index (χ1) is 8.43. The van der Waals surface area contributed by atoms with E-state index in [1.54, 1.807) is 0 Å². The molecule has 3 heterocycles. The van der Waals surface area contributed by atoms with Gasteiger partial charge in [0.05, 0.1) is 12.2 Å². The lowest BCUT2D eigenvalue weighted by Gasteiger charge is -2.23. The molecule has 1 N–H and O–H groups in total. The molecule has 1 aromatic rings. The van der Waals surface area contributed by atoms with Crippen molar-refractivity contribution in [3.63, 3.8) is 0 Å². The Bertz CT molecular complexity index is 319. The lowest BCUT2D eigenvalue weighted by Crippen LogP contribution is -2.28. The quantitative estimate of drug-likeness (QED) is 0.875. The van der Waals surface area contributed by atoms with Crippen LogP contribution in [0.4, 0.5) is 0 Å². The fourth-order valence-corrected chi connectivity index (χ4v) is 3.93. The van der Waals surface area contributed by atoms with E-state index in [2.05, 4.69) is 39.3 Å². The molecule has 0 saturated carbocycles. The molecule has 0 aromatic carbocycles. The molecule has 2 aliphatic rings. The molecule has 17 heavy (non-hydrogen) atoms. The van der Waals surface area contributed by atoms with Gasteiger partial charge in [-0.2, -0.15) is 16.9 Å². The Morgan fingerprint density at radius 1 is 1.29 bits per heavy atom. The molecule has 2 fully saturated rings. The van der Waals surface area contributed by atoms with Crippen molar-refractivity contribution in [2.45, 2.75) is 37.6 Å². The van der Waals surface area contributed by atoms with E-state index < -0.39 is 0 Å². The second kappa shape index (κ2) is 5.44. The van der Waals surface area contributed by atoms with Gasteiger partial charge in [0.15, 0.2) is 0 Å². The summed E-state index contributed by atoms with van der Waals surface area (Å²) in [5.41, 5.74) is 1.44. The molecule has 0 amide bonds. The third-order valence-electron chi connectivity index (χ3n) is 3.95.